The molecule has 0 saturated carbocycles. The molecule has 0 bridgehead atoms. The van der Waals surface area contributed by atoms with Crippen LogP contribution in [0.5, 0.6) is 5.75 Å². The van der Waals surface area contributed by atoms with E-state index in [0.29, 0.717) is 18.6 Å². The van der Waals surface area contributed by atoms with Gasteiger partial charge in [0.1, 0.15) is 11.5 Å². The van der Waals surface area contributed by atoms with E-state index in [1.807, 2.05) is 42.5 Å². The molecule has 22 heavy (non-hydrogen) atoms. The highest BCUT2D eigenvalue weighted by molar-refractivity contribution is 5.88. The van der Waals surface area contributed by atoms with Gasteiger partial charge in [0, 0.05) is 12.5 Å². The third kappa shape index (κ3) is 5.37. The van der Waals surface area contributed by atoms with Crippen molar-refractivity contribution < 1.29 is 14.3 Å². The fraction of sp³-hybridized carbons (Fsp3) is 0.158. The smallest absolute Gasteiger partial charge is 0.336 e. The van der Waals surface area contributed by atoms with Gasteiger partial charge in [0.15, 0.2) is 0 Å². The van der Waals surface area contributed by atoms with E-state index < -0.39 is 5.97 Å². The second-order valence-corrected chi connectivity index (χ2v) is 5.01. The third-order valence-electron chi connectivity index (χ3n) is 3.12. The molecule has 0 fully saturated rings. The highest BCUT2D eigenvalue weighted by Crippen LogP contribution is 2.14. The maximum Gasteiger partial charge on any atom is 0.336 e. The molecule has 2 aromatic carbocycles. The van der Waals surface area contributed by atoms with E-state index in [-0.39, 0.29) is 5.78 Å². The fourth-order valence-electron chi connectivity index (χ4n) is 1.92. The number of hydrogen-bond acceptors (Lipinski definition) is 3. The molecular weight excluding hydrogens is 276 g/mol. The largest absolute Gasteiger partial charge is 0.423 e. The van der Waals surface area contributed by atoms with Gasteiger partial charge >= 0.3 is 5.97 Å². The molecule has 2 rings (SSSR count). The van der Waals surface area contributed by atoms with Crippen molar-refractivity contribution in [3.8, 4) is 5.75 Å². The van der Waals surface area contributed by atoms with Crippen LogP contribution in [0.3, 0.4) is 0 Å². The van der Waals surface area contributed by atoms with E-state index in [1.165, 1.54) is 6.08 Å². The van der Waals surface area contributed by atoms with Crippen LogP contribution in [0, 0.1) is 0 Å². The first-order valence-electron chi connectivity index (χ1n) is 7.17. The zero-order valence-electron chi connectivity index (χ0n) is 12.5. The van der Waals surface area contributed by atoms with Crippen molar-refractivity contribution >= 4 is 17.8 Å². The van der Waals surface area contributed by atoms with Crippen molar-refractivity contribution in [2.24, 2.45) is 0 Å². The second kappa shape index (κ2) is 7.93. The van der Waals surface area contributed by atoms with Gasteiger partial charge in [-0.3, -0.25) is 0 Å². The summed E-state index contributed by atoms with van der Waals surface area (Å²) in [6.45, 7) is 1.58. The van der Waals surface area contributed by atoms with Crippen LogP contribution in [0.25, 0.3) is 6.08 Å². The molecule has 0 spiro atoms. The number of benzene rings is 2. The lowest BCUT2D eigenvalue weighted by molar-refractivity contribution is -0.128. The first-order valence-corrected chi connectivity index (χ1v) is 7.17. The van der Waals surface area contributed by atoms with Gasteiger partial charge in [-0.2, -0.15) is 0 Å². The van der Waals surface area contributed by atoms with Crippen molar-refractivity contribution in [1.82, 2.24) is 0 Å². The lowest BCUT2D eigenvalue weighted by Gasteiger charge is -2.03. The number of carbonyl (C=O) groups is 2. The van der Waals surface area contributed by atoms with Gasteiger partial charge in [0.05, 0.1) is 0 Å². The first kappa shape index (κ1) is 15.7. The van der Waals surface area contributed by atoms with E-state index in [1.54, 1.807) is 25.1 Å². The summed E-state index contributed by atoms with van der Waals surface area (Å²) >= 11 is 0. The maximum absolute atomic E-state index is 11.7. The summed E-state index contributed by atoms with van der Waals surface area (Å²) in [7, 11) is 0. The quantitative estimate of drug-likeness (QED) is 0.462. The molecule has 0 N–H and O–H groups in total. The van der Waals surface area contributed by atoms with Gasteiger partial charge in [-0.15, -0.1) is 0 Å². The van der Waals surface area contributed by atoms with Crippen molar-refractivity contribution in [1.29, 1.82) is 0 Å². The van der Waals surface area contributed by atoms with E-state index in [4.69, 9.17) is 4.74 Å². The number of esters is 1. The number of hydrogen-bond donors (Lipinski definition) is 0. The standard InChI is InChI=1S/C19H18O3/c1-15(20)7-8-17-9-12-18(13-10-17)22-19(21)14-11-16-5-3-2-4-6-16/h2-6,9-14H,7-8H2,1H3. The maximum atomic E-state index is 11.7. The summed E-state index contributed by atoms with van der Waals surface area (Å²) in [5.74, 6) is 0.246. The minimum Gasteiger partial charge on any atom is -0.423 e. The van der Waals surface area contributed by atoms with Gasteiger partial charge in [-0.1, -0.05) is 42.5 Å². The summed E-state index contributed by atoms with van der Waals surface area (Å²) in [6, 6.07) is 16.8. The molecule has 112 valence electrons. The molecule has 2 aromatic rings. The molecule has 0 atom stereocenters. The van der Waals surface area contributed by atoms with Crippen molar-refractivity contribution in [3.05, 3.63) is 71.8 Å². The molecule has 3 nitrogen and oxygen atoms in total. The van der Waals surface area contributed by atoms with Crippen molar-refractivity contribution in [3.63, 3.8) is 0 Å². The molecule has 0 aromatic heterocycles. The molecule has 0 radical (unpaired) electrons. The Bertz CT molecular complexity index is 655. The van der Waals surface area contributed by atoms with Crippen molar-refractivity contribution in [2.75, 3.05) is 0 Å². The normalized spacial score (nSPS) is 10.6. The molecule has 0 heterocycles. The highest BCUT2D eigenvalue weighted by Gasteiger charge is 2.02. The summed E-state index contributed by atoms with van der Waals surface area (Å²) < 4.78 is 5.22. The monoisotopic (exact) mass is 294 g/mol. The van der Waals surface area contributed by atoms with Crippen LogP contribution in [-0.2, 0) is 16.0 Å². The summed E-state index contributed by atoms with van der Waals surface area (Å²) in [4.78, 5) is 22.7. The predicted molar refractivity (Wildman–Crippen MR) is 86.6 cm³/mol. The Morgan fingerprint density at radius 3 is 2.32 bits per heavy atom. The number of aryl methyl sites for hydroxylation is 1. The zero-order valence-corrected chi connectivity index (χ0v) is 12.5. The van der Waals surface area contributed by atoms with Gasteiger partial charge < -0.3 is 9.53 Å². The number of ether oxygens (including phenoxy) is 1. The summed E-state index contributed by atoms with van der Waals surface area (Å²) in [6.07, 6.45) is 4.35. The van der Waals surface area contributed by atoms with Gasteiger partial charge in [-0.05, 0) is 42.7 Å². The fourth-order valence-corrected chi connectivity index (χ4v) is 1.92. The number of rotatable bonds is 6. The average Bonchev–Trinajstić information content (AvgIpc) is 2.53. The third-order valence-corrected chi connectivity index (χ3v) is 3.12. The van der Waals surface area contributed by atoms with Crippen LogP contribution in [0.15, 0.2) is 60.7 Å². The highest BCUT2D eigenvalue weighted by atomic mass is 16.5. The molecule has 0 saturated heterocycles. The van der Waals surface area contributed by atoms with Crippen LogP contribution >= 0.6 is 0 Å². The topological polar surface area (TPSA) is 43.4 Å². The summed E-state index contributed by atoms with van der Waals surface area (Å²) in [5.41, 5.74) is 1.99. The minimum absolute atomic E-state index is 0.168. The van der Waals surface area contributed by atoms with Crippen LogP contribution in [0.4, 0.5) is 0 Å². The molecule has 0 aliphatic rings. The van der Waals surface area contributed by atoms with E-state index in [0.717, 1.165) is 11.1 Å². The Morgan fingerprint density at radius 2 is 1.68 bits per heavy atom. The van der Waals surface area contributed by atoms with E-state index in [9.17, 15) is 9.59 Å². The summed E-state index contributed by atoms with van der Waals surface area (Å²) in [5, 5.41) is 0. The Morgan fingerprint density at radius 1 is 1.00 bits per heavy atom. The number of ketones is 1. The first-order chi connectivity index (χ1) is 10.6. The van der Waals surface area contributed by atoms with Crippen molar-refractivity contribution in [2.45, 2.75) is 19.8 Å². The van der Waals surface area contributed by atoms with Gasteiger partial charge in [-0.25, -0.2) is 4.79 Å². The van der Waals surface area contributed by atoms with Gasteiger partial charge in [0.25, 0.3) is 0 Å². The lowest BCUT2D eigenvalue weighted by atomic mass is 10.1. The molecule has 3 heteroatoms. The molecule has 0 amide bonds. The Kier molecular flexibility index (Phi) is 5.66. The van der Waals surface area contributed by atoms with Gasteiger partial charge in [0.2, 0.25) is 0 Å². The molecular formula is C19H18O3. The lowest BCUT2D eigenvalue weighted by Crippen LogP contribution is -2.03. The average molecular weight is 294 g/mol. The molecule has 0 unspecified atom stereocenters. The number of carbonyl (C=O) groups excluding carboxylic acids is 2. The SMILES string of the molecule is CC(=O)CCc1ccc(OC(=O)C=Cc2ccccc2)cc1. The van der Waals surface area contributed by atoms with Crippen LogP contribution < -0.4 is 4.74 Å². The van der Waals surface area contributed by atoms with E-state index >= 15 is 0 Å². The second-order valence-electron chi connectivity index (χ2n) is 5.01. The molecule has 0 aliphatic carbocycles. The minimum atomic E-state index is -0.416. The number of Topliss-reactive ketones (excluding diaryl/α,β-unsaturated/α-hetero) is 1. The van der Waals surface area contributed by atoms with Crippen LogP contribution in [-0.4, -0.2) is 11.8 Å². The Hall–Kier alpha value is -2.68. The van der Waals surface area contributed by atoms with Crippen LogP contribution in [0.2, 0.25) is 0 Å². The molecule has 0 aliphatic heterocycles. The Balaban J connectivity index is 1.89. The van der Waals surface area contributed by atoms with Crippen LogP contribution in [0.1, 0.15) is 24.5 Å². The Labute approximate surface area is 130 Å². The zero-order chi connectivity index (χ0) is 15.8. The predicted octanol–water partition coefficient (Wildman–Crippen LogP) is 3.83. The van der Waals surface area contributed by atoms with E-state index in [2.05, 4.69) is 0 Å².